The lowest BCUT2D eigenvalue weighted by Gasteiger charge is -2.23. The highest BCUT2D eigenvalue weighted by Crippen LogP contribution is 2.27. The molecule has 2 aromatic carbocycles. The van der Waals surface area contributed by atoms with Gasteiger partial charge in [0.25, 0.3) is 5.91 Å². The normalized spacial score (nSPS) is 16.4. The van der Waals surface area contributed by atoms with E-state index in [4.69, 9.17) is 21.7 Å². The molecule has 3 rings (SSSR count). The first kappa shape index (κ1) is 20.0. The maximum atomic E-state index is 13.0. The van der Waals surface area contributed by atoms with Crippen LogP contribution in [0.2, 0.25) is 0 Å². The van der Waals surface area contributed by atoms with Gasteiger partial charge < -0.3 is 14.8 Å². The number of hydrogen-bond acceptors (Lipinski definition) is 4. The summed E-state index contributed by atoms with van der Waals surface area (Å²) in [4.78, 5) is 14.6. The Morgan fingerprint density at radius 1 is 1.21 bits per heavy atom. The molecule has 0 saturated carbocycles. The number of carbonyl (C=O) groups is 1. The lowest BCUT2D eigenvalue weighted by molar-refractivity contribution is -0.123. The Morgan fingerprint density at radius 2 is 1.96 bits per heavy atom. The Morgan fingerprint density at radius 3 is 2.64 bits per heavy atom. The molecule has 0 aliphatic carbocycles. The van der Waals surface area contributed by atoms with Gasteiger partial charge in [-0.15, -0.1) is 0 Å². The van der Waals surface area contributed by atoms with E-state index in [1.54, 1.807) is 18.1 Å². The molecule has 1 aliphatic heterocycles. The molecule has 6 heteroatoms. The lowest BCUT2D eigenvalue weighted by Crippen LogP contribution is -2.33. The van der Waals surface area contributed by atoms with E-state index in [0.717, 1.165) is 22.4 Å². The fraction of sp³-hybridized carbons (Fsp3) is 0.273. The molecule has 1 saturated heterocycles. The van der Waals surface area contributed by atoms with Gasteiger partial charge in [0.1, 0.15) is 11.4 Å². The van der Waals surface area contributed by atoms with E-state index in [1.807, 2.05) is 62.4 Å². The van der Waals surface area contributed by atoms with Crippen molar-refractivity contribution >= 4 is 29.3 Å². The van der Waals surface area contributed by atoms with Gasteiger partial charge in [0.2, 0.25) is 0 Å². The summed E-state index contributed by atoms with van der Waals surface area (Å²) in [5, 5.41) is 3.46. The van der Waals surface area contributed by atoms with Crippen LogP contribution in [0.25, 0.3) is 6.08 Å². The van der Waals surface area contributed by atoms with Crippen molar-refractivity contribution in [1.82, 2.24) is 10.2 Å². The van der Waals surface area contributed by atoms with Crippen LogP contribution in [0.1, 0.15) is 36.6 Å². The summed E-state index contributed by atoms with van der Waals surface area (Å²) in [6.45, 7) is 4.99. The number of hydrogen-bond donors (Lipinski definition) is 1. The van der Waals surface area contributed by atoms with Crippen LogP contribution in [-0.2, 0) is 16.1 Å². The smallest absolute Gasteiger partial charge is 0.277 e. The van der Waals surface area contributed by atoms with E-state index in [-0.39, 0.29) is 11.9 Å². The summed E-state index contributed by atoms with van der Waals surface area (Å²) >= 11 is 5.42. The van der Waals surface area contributed by atoms with Crippen LogP contribution in [0, 0.1) is 0 Å². The average molecular weight is 397 g/mol. The summed E-state index contributed by atoms with van der Waals surface area (Å²) < 4.78 is 10.9. The Labute approximate surface area is 170 Å². The summed E-state index contributed by atoms with van der Waals surface area (Å²) in [6.07, 6.45) is 1.81. The van der Waals surface area contributed by atoms with Crippen LogP contribution in [0.4, 0.5) is 0 Å². The maximum absolute atomic E-state index is 13.0. The van der Waals surface area contributed by atoms with Crippen LogP contribution in [0.15, 0.2) is 54.2 Å². The van der Waals surface area contributed by atoms with Crippen molar-refractivity contribution in [2.75, 3.05) is 13.7 Å². The highest BCUT2D eigenvalue weighted by atomic mass is 32.1. The van der Waals surface area contributed by atoms with Crippen molar-refractivity contribution in [3.8, 4) is 5.75 Å². The largest absolute Gasteiger partial charge is 0.496 e. The molecule has 146 valence electrons. The molecular weight excluding hydrogens is 372 g/mol. The Balaban J connectivity index is 1.85. The molecule has 0 bridgehead atoms. The zero-order valence-electron chi connectivity index (χ0n) is 16.3. The van der Waals surface area contributed by atoms with Gasteiger partial charge in [0.05, 0.1) is 19.8 Å². The Hall–Kier alpha value is -2.70. The number of thiocarbonyl (C=S) groups is 1. The molecule has 1 fully saturated rings. The molecule has 0 radical (unpaired) electrons. The molecule has 2 aromatic rings. The second-order valence-corrected chi connectivity index (χ2v) is 6.85. The number of nitrogens with one attached hydrogen (secondary N) is 1. The van der Waals surface area contributed by atoms with E-state index in [1.165, 1.54) is 0 Å². The van der Waals surface area contributed by atoms with Crippen LogP contribution < -0.4 is 10.1 Å². The number of ether oxygens (including phenoxy) is 2. The van der Waals surface area contributed by atoms with Gasteiger partial charge in [-0.25, -0.2) is 0 Å². The lowest BCUT2D eigenvalue weighted by atomic mass is 10.1. The molecular formula is C22H24N2O3S. The van der Waals surface area contributed by atoms with E-state index in [9.17, 15) is 4.79 Å². The van der Waals surface area contributed by atoms with Crippen LogP contribution in [-0.4, -0.2) is 29.6 Å². The van der Waals surface area contributed by atoms with Crippen molar-refractivity contribution in [2.24, 2.45) is 0 Å². The van der Waals surface area contributed by atoms with Gasteiger partial charge in [-0.1, -0.05) is 36.4 Å². The minimum absolute atomic E-state index is 0.136. The summed E-state index contributed by atoms with van der Waals surface area (Å²) in [7, 11) is 1.63. The minimum Gasteiger partial charge on any atom is -0.496 e. The molecule has 1 aliphatic rings. The SMILES string of the molecule is CCOCc1cc(/C=C2\NC(=S)N(C(C)c3ccccc3)C2=O)ccc1OC. The maximum Gasteiger partial charge on any atom is 0.277 e. The Bertz CT molecular complexity index is 896. The molecule has 1 atom stereocenters. The fourth-order valence-corrected chi connectivity index (χ4v) is 3.51. The van der Waals surface area contributed by atoms with Crippen LogP contribution >= 0.6 is 12.2 Å². The van der Waals surface area contributed by atoms with Gasteiger partial charge in [0, 0.05) is 12.2 Å². The van der Waals surface area contributed by atoms with Crippen molar-refractivity contribution in [3.63, 3.8) is 0 Å². The van der Waals surface area contributed by atoms with E-state index in [2.05, 4.69) is 5.32 Å². The molecule has 1 N–H and O–H groups in total. The van der Waals surface area contributed by atoms with Gasteiger partial charge in [-0.3, -0.25) is 9.69 Å². The van der Waals surface area contributed by atoms with Crippen molar-refractivity contribution < 1.29 is 14.3 Å². The predicted molar refractivity (Wildman–Crippen MR) is 114 cm³/mol. The predicted octanol–water partition coefficient (Wildman–Crippen LogP) is 4.05. The monoisotopic (exact) mass is 396 g/mol. The Kier molecular flexibility index (Phi) is 6.44. The molecule has 0 aromatic heterocycles. The van der Waals surface area contributed by atoms with Crippen molar-refractivity contribution in [1.29, 1.82) is 0 Å². The molecule has 1 amide bonds. The molecule has 28 heavy (non-hydrogen) atoms. The number of nitrogens with zero attached hydrogens (tertiary/aromatic N) is 1. The van der Waals surface area contributed by atoms with Gasteiger partial charge in [-0.05, 0) is 55.4 Å². The second-order valence-electron chi connectivity index (χ2n) is 6.46. The zero-order chi connectivity index (χ0) is 20.1. The van der Waals surface area contributed by atoms with Crippen LogP contribution in [0.3, 0.4) is 0 Å². The third-order valence-electron chi connectivity index (χ3n) is 4.66. The van der Waals surface area contributed by atoms with Gasteiger partial charge >= 0.3 is 0 Å². The van der Waals surface area contributed by atoms with Crippen molar-refractivity contribution in [3.05, 3.63) is 70.9 Å². The highest BCUT2D eigenvalue weighted by Gasteiger charge is 2.34. The molecule has 0 spiro atoms. The molecule has 1 heterocycles. The van der Waals surface area contributed by atoms with Gasteiger partial charge in [0.15, 0.2) is 5.11 Å². The van der Waals surface area contributed by atoms with Gasteiger partial charge in [-0.2, -0.15) is 0 Å². The number of amides is 1. The number of benzene rings is 2. The molecule has 5 nitrogen and oxygen atoms in total. The van der Waals surface area contributed by atoms with E-state index >= 15 is 0 Å². The summed E-state index contributed by atoms with van der Waals surface area (Å²) in [5.74, 6) is 0.625. The van der Waals surface area contributed by atoms with E-state index < -0.39 is 0 Å². The zero-order valence-corrected chi connectivity index (χ0v) is 17.1. The first-order valence-corrected chi connectivity index (χ1v) is 9.61. The first-order chi connectivity index (χ1) is 13.5. The second kappa shape index (κ2) is 8.99. The first-order valence-electron chi connectivity index (χ1n) is 9.21. The topological polar surface area (TPSA) is 50.8 Å². The molecule has 1 unspecified atom stereocenters. The third kappa shape index (κ3) is 4.24. The summed E-state index contributed by atoms with van der Waals surface area (Å²) in [5.41, 5.74) is 3.30. The number of rotatable bonds is 7. The number of carbonyl (C=O) groups excluding carboxylic acids is 1. The quantitative estimate of drug-likeness (QED) is 0.565. The van der Waals surface area contributed by atoms with Crippen LogP contribution in [0.5, 0.6) is 5.75 Å². The number of methoxy groups -OCH3 is 1. The fourth-order valence-electron chi connectivity index (χ4n) is 3.16. The third-order valence-corrected chi connectivity index (χ3v) is 4.95. The standard InChI is InChI=1S/C22H24N2O3S/c1-4-27-14-18-12-16(10-11-20(18)26-3)13-19-21(25)24(22(28)23-19)15(2)17-8-6-5-7-9-17/h5-13,15H,4,14H2,1-3H3,(H,23,28)/b19-13-. The van der Waals surface area contributed by atoms with Crippen molar-refractivity contribution in [2.45, 2.75) is 26.5 Å². The minimum atomic E-state index is -0.149. The average Bonchev–Trinajstić information content (AvgIpc) is 2.99. The van der Waals surface area contributed by atoms with E-state index in [0.29, 0.717) is 24.0 Å². The summed E-state index contributed by atoms with van der Waals surface area (Å²) in [6, 6.07) is 15.4. The highest BCUT2D eigenvalue weighted by molar-refractivity contribution is 7.80.